The molecule has 0 aliphatic heterocycles. The minimum Gasteiger partial charge on any atom is -0.463 e. The number of methoxy groups -OCH3 is 1. The third-order valence-electron chi connectivity index (χ3n) is 3.07. The van der Waals surface area contributed by atoms with Gasteiger partial charge in [0.25, 0.3) is 0 Å². The second-order valence-corrected chi connectivity index (χ2v) is 4.27. The maximum Gasteiger partial charge on any atom is 0.373 e. The van der Waals surface area contributed by atoms with Crippen LogP contribution in [0.3, 0.4) is 0 Å². The number of ether oxygens (including phenoxy) is 1. The summed E-state index contributed by atoms with van der Waals surface area (Å²) in [6.45, 7) is 2.10. The van der Waals surface area contributed by atoms with Gasteiger partial charge in [-0.15, -0.1) is 0 Å². The van der Waals surface area contributed by atoms with Gasteiger partial charge in [0.2, 0.25) is 5.76 Å². The largest absolute Gasteiger partial charge is 0.463 e. The van der Waals surface area contributed by atoms with E-state index in [9.17, 15) is 4.79 Å². The molecule has 1 heterocycles. The van der Waals surface area contributed by atoms with Crippen molar-refractivity contribution < 1.29 is 13.9 Å². The Morgan fingerprint density at radius 1 is 1.26 bits per heavy atom. The number of nitrogens with two attached hydrogens (primary N) is 1. The van der Waals surface area contributed by atoms with Gasteiger partial charge >= 0.3 is 5.97 Å². The second-order valence-electron chi connectivity index (χ2n) is 4.27. The molecule has 2 aromatic rings. The Bertz CT molecular complexity index is 557. The Balaban J connectivity index is 2.20. The normalized spacial score (nSPS) is 12.2. The van der Waals surface area contributed by atoms with Crippen molar-refractivity contribution in [3.05, 3.63) is 59.0 Å². The van der Waals surface area contributed by atoms with Gasteiger partial charge in [0.1, 0.15) is 5.76 Å². The van der Waals surface area contributed by atoms with Crippen LogP contribution in [0.5, 0.6) is 0 Å². The first-order valence-corrected chi connectivity index (χ1v) is 6.18. The lowest BCUT2D eigenvalue weighted by Crippen LogP contribution is -2.11. The SMILES string of the molecule is CCc1ccc(C(N)c2ccc(C(=O)OC)o2)cc1. The first kappa shape index (κ1) is 13.4. The number of furan rings is 1. The van der Waals surface area contributed by atoms with E-state index in [1.54, 1.807) is 12.1 Å². The van der Waals surface area contributed by atoms with Gasteiger partial charge in [-0.1, -0.05) is 31.2 Å². The van der Waals surface area contributed by atoms with Crippen LogP contribution in [0.15, 0.2) is 40.8 Å². The Morgan fingerprint density at radius 2 is 1.95 bits per heavy atom. The first-order valence-electron chi connectivity index (χ1n) is 6.18. The van der Waals surface area contributed by atoms with Crippen LogP contribution in [0.2, 0.25) is 0 Å². The predicted molar refractivity (Wildman–Crippen MR) is 71.9 cm³/mol. The fourth-order valence-electron chi connectivity index (χ4n) is 1.86. The number of hydrogen-bond donors (Lipinski definition) is 1. The number of rotatable bonds is 4. The van der Waals surface area contributed by atoms with Crippen LogP contribution in [-0.4, -0.2) is 13.1 Å². The summed E-state index contributed by atoms with van der Waals surface area (Å²) in [5.74, 6) is 0.211. The van der Waals surface area contributed by atoms with E-state index in [4.69, 9.17) is 10.2 Å². The van der Waals surface area contributed by atoms with E-state index in [2.05, 4.69) is 11.7 Å². The molecule has 1 aromatic carbocycles. The summed E-state index contributed by atoms with van der Waals surface area (Å²) in [6.07, 6.45) is 0.989. The van der Waals surface area contributed by atoms with Crippen LogP contribution in [0.25, 0.3) is 0 Å². The predicted octanol–water partition coefficient (Wildman–Crippen LogP) is 2.68. The van der Waals surface area contributed by atoms with Crippen molar-refractivity contribution in [1.82, 2.24) is 0 Å². The van der Waals surface area contributed by atoms with E-state index in [0.29, 0.717) is 5.76 Å². The second kappa shape index (κ2) is 5.71. The maximum atomic E-state index is 11.3. The maximum absolute atomic E-state index is 11.3. The Labute approximate surface area is 112 Å². The van der Waals surface area contributed by atoms with E-state index >= 15 is 0 Å². The summed E-state index contributed by atoms with van der Waals surface area (Å²) < 4.78 is 10.0. The lowest BCUT2D eigenvalue weighted by molar-refractivity contribution is 0.0562. The molecule has 0 aliphatic rings. The zero-order chi connectivity index (χ0) is 13.8. The highest BCUT2D eigenvalue weighted by atomic mass is 16.5. The van der Waals surface area contributed by atoms with E-state index in [0.717, 1.165) is 12.0 Å². The van der Waals surface area contributed by atoms with Crippen molar-refractivity contribution in [2.45, 2.75) is 19.4 Å². The molecule has 19 heavy (non-hydrogen) atoms. The monoisotopic (exact) mass is 259 g/mol. The molecule has 0 saturated heterocycles. The molecule has 1 atom stereocenters. The lowest BCUT2D eigenvalue weighted by Gasteiger charge is -2.09. The molecule has 0 aliphatic carbocycles. The minimum atomic E-state index is -0.500. The molecule has 0 bridgehead atoms. The van der Waals surface area contributed by atoms with E-state index in [-0.39, 0.29) is 11.8 Å². The van der Waals surface area contributed by atoms with Crippen LogP contribution >= 0.6 is 0 Å². The molecular weight excluding hydrogens is 242 g/mol. The van der Waals surface area contributed by atoms with Gasteiger partial charge in [-0.3, -0.25) is 0 Å². The van der Waals surface area contributed by atoms with E-state index in [1.165, 1.54) is 12.7 Å². The highest BCUT2D eigenvalue weighted by Crippen LogP contribution is 2.22. The standard InChI is InChI=1S/C15H17NO3/c1-3-10-4-6-11(7-5-10)14(16)12-8-9-13(19-12)15(17)18-2/h4-9,14H,3,16H2,1-2H3. The van der Waals surface area contributed by atoms with Gasteiger partial charge in [0.15, 0.2) is 0 Å². The Kier molecular flexibility index (Phi) is 4.02. The summed E-state index contributed by atoms with van der Waals surface area (Å²) in [5.41, 5.74) is 8.32. The van der Waals surface area contributed by atoms with Gasteiger partial charge in [-0.25, -0.2) is 4.79 Å². The highest BCUT2D eigenvalue weighted by molar-refractivity contribution is 5.86. The molecule has 0 fully saturated rings. The molecular formula is C15H17NO3. The van der Waals surface area contributed by atoms with Crippen LogP contribution < -0.4 is 5.73 Å². The van der Waals surface area contributed by atoms with Crippen molar-refractivity contribution in [3.8, 4) is 0 Å². The molecule has 4 nitrogen and oxygen atoms in total. The van der Waals surface area contributed by atoms with E-state index < -0.39 is 5.97 Å². The van der Waals surface area contributed by atoms with E-state index in [1.807, 2.05) is 24.3 Å². The van der Waals surface area contributed by atoms with Crippen molar-refractivity contribution >= 4 is 5.97 Å². The molecule has 2 rings (SSSR count). The molecule has 100 valence electrons. The van der Waals surface area contributed by atoms with Gasteiger partial charge < -0.3 is 14.9 Å². The number of carbonyl (C=O) groups is 1. The summed E-state index contributed by atoms with van der Waals surface area (Å²) in [7, 11) is 1.31. The van der Waals surface area contributed by atoms with Crippen LogP contribution in [0.4, 0.5) is 0 Å². The minimum absolute atomic E-state index is 0.165. The molecule has 1 aromatic heterocycles. The van der Waals surface area contributed by atoms with Gasteiger partial charge in [-0.05, 0) is 29.7 Å². The van der Waals surface area contributed by atoms with Gasteiger partial charge in [0.05, 0.1) is 13.2 Å². The average molecular weight is 259 g/mol. The number of benzene rings is 1. The fourth-order valence-corrected chi connectivity index (χ4v) is 1.86. The number of aryl methyl sites for hydroxylation is 1. The Hall–Kier alpha value is -2.07. The molecule has 1 unspecified atom stereocenters. The molecule has 0 spiro atoms. The Morgan fingerprint density at radius 3 is 2.53 bits per heavy atom. The third kappa shape index (κ3) is 2.85. The number of carbonyl (C=O) groups excluding carboxylic acids is 1. The third-order valence-corrected chi connectivity index (χ3v) is 3.07. The summed E-state index contributed by atoms with van der Waals surface area (Å²) in [4.78, 5) is 11.3. The summed E-state index contributed by atoms with van der Waals surface area (Å²) in [6, 6.07) is 10.9. The molecule has 2 N–H and O–H groups in total. The lowest BCUT2D eigenvalue weighted by atomic mass is 10.0. The van der Waals surface area contributed by atoms with Crippen molar-refractivity contribution in [3.63, 3.8) is 0 Å². The van der Waals surface area contributed by atoms with Gasteiger partial charge in [-0.2, -0.15) is 0 Å². The fraction of sp³-hybridized carbons (Fsp3) is 0.267. The molecule has 0 saturated carbocycles. The summed E-state index contributed by atoms with van der Waals surface area (Å²) >= 11 is 0. The van der Waals surface area contributed by atoms with Crippen LogP contribution in [0, 0.1) is 0 Å². The van der Waals surface area contributed by atoms with Crippen LogP contribution in [-0.2, 0) is 11.2 Å². The smallest absolute Gasteiger partial charge is 0.373 e. The first-order chi connectivity index (χ1) is 9.15. The average Bonchev–Trinajstić information content (AvgIpc) is 2.95. The highest BCUT2D eigenvalue weighted by Gasteiger charge is 2.16. The van der Waals surface area contributed by atoms with Crippen molar-refractivity contribution in [2.75, 3.05) is 7.11 Å². The quantitative estimate of drug-likeness (QED) is 0.857. The summed E-state index contributed by atoms with van der Waals surface area (Å²) in [5, 5.41) is 0. The van der Waals surface area contributed by atoms with Crippen molar-refractivity contribution in [1.29, 1.82) is 0 Å². The molecule has 0 radical (unpaired) electrons. The zero-order valence-corrected chi connectivity index (χ0v) is 11.1. The zero-order valence-electron chi connectivity index (χ0n) is 11.1. The molecule has 4 heteroatoms. The molecule has 0 amide bonds. The van der Waals surface area contributed by atoms with Crippen molar-refractivity contribution in [2.24, 2.45) is 5.73 Å². The van der Waals surface area contributed by atoms with Gasteiger partial charge in [0, 0.05) is 0 Å². The number of esters is 1. The number of hydrogen-bond acceptors (Lipinski definition) is 4. The topological polar surface area (TPSA) is 65.5 Å². The van der Waals surface area contributed by atoms with Crippen LogP contribution in [0.1, 0.15) is 40.4 Å².